The number of carboxylic acids is 1. The molecule has 0 aromatic heterocycles. The number of rotatable bonds is 34. The molecule has 42 heavy (non-hydrogen) atoms. The lowest BCUT2D eigenvalue weighted by molar-refractivity contribution is -0.144. The first-order valence-corrected chi connectivity index (χ1v) is 18.3. The molecule has 4 nitrogen and oxygen atoms in total. The number of carbonyl (C=O) groups excluding carboxylic acids is 1. The highest BCUT2D eigenvalue weighted by Gasteiger charge is 2.02. The van der Waals surface area contributed by atoms with Crippen molar-refractivity contribution in [2.75, 3.05) is 6.61 Å². The van der Waals surface area contributed by atoms with Gasteiger partial charge in [-0.05, 0) is 51.4 Å². The Bertz CT molecular complexity index is 625. The Labute approximate surface area is 261 Å². The van der Waals surface area contributed by atoms with Gasteiger partial charge >= 0.3 is 11.9 Å². The van der Waals surface area contributed by atoms with Crippen LogP contribution >= 0.6 is 0 Å². The minimum Gasteiger partial charge on any atom is -0.481 e. The van der Waals surface area contributed by atoms with Crippen molar-refractivity contribution in [3.05, 3.63) is 24.3 Å². The largest absolute Gasteiger partial charge is 0.481 e. The Kier molecular flexibility index (Phi) is 34.3. The van der Waals surface area contributed by atoms with Gasteiger partial charge < -0.3 is 9.84 Å². The molecule has 0 spiro atoms. The standard InChI is InChI=1S/C38H70O4/c1-2-3-4-5-6-7-8-9-13-17-20-23-26-29-32-35-38(41)42-36-33-30-27-24-21-18-15-12-10-11-14-16-19-22-25-28-31-34-37(39)40/h6-7,9,13H,2-5,8,10-12,14-36H2,1H3,(H,39,40)/b7-6-,13-9-. The van der Waals surface area contributed by atoms with Crippen molar-refractivity contribution in [2.24, 2.45) is 0 Å². The van der Waals surface area contributed by atoms with Crippen molar-refractivity contribution >= 4 is 11.9 Å². The Hall–Kier alpha value is -1.58. The fourth-order valence-corrected chi connectivity index (χ4v) is 5.37. The lowest BCUT2D eigenvalue weighted by Gasteiger charge is -2.05. The maximum atomic E-state index is 11.9. The summed E-state index contributed by atoms with van der Waals surface area (Å²) in [6.07, 6.45) is 44.7. The van der Waals surface area contributed by atoms with Crippen LogP contribution in [-0.4, -0.2) is 23.7 Å². The molecule has 1 N–H and O–H groups in total. The maximum Gasteiger partial charge on any atom is 0.305 e. The van der Waals surface area contributed by atoms with Crippen LogP contribution in [0.4, 0.5) is 0 Å². The summed E-state index contributed by atoms with van der Waals surface area (Å²) in [6.45, 7) is 2.85. The topological polar surface area (TPSA) is 63.6 Å². The molecule has 0 bridgehead atoms. The molecule has 0 amide bonds. The van der Waals surface area contributed by atoms with Crippen LogP contribution in [0.1, 0.15) is 200 Å². The van der Waals surface area contributed by atoms with E-state index in [9.17, 15) is 9.59 Å². The smallest absolute Gasteiger partial charge is 0.305 e. The van der Waals surface area contributed by atoms with Crippen LogP contribution in [0, 0.1) is 0 Å². The SMILES string of the molecule is CCCCC/C=C\C/C=C\CCCCCCCC(=O)OCCCCCCCCCCCCCCCCCCCC(=O)O. The lowest BCUT2D eigenvalue weighted by Crippen LogP contribution is -2.05. The number of hydrogen-bond acceptors (Lipinski definition) is 3. The van der Waals surface area contributed by atoms with Crippen molar-refractivity contribution in [1.82, 2.24) is 0 Å². The summed E-state index contributed by atoms with van der Waals surface area (Å²) in [6, 6.07) is 0. The highest BCUT2D eigenvalue weighted by molar-refractivity contribution is 5.69. The molecule has 0 aliphatic heterocycles. The van der Waals surface area contributed by atoms with Gasteiger partial charge in [0, 0.05) is 12.8 Å². The molecule has 0 aromatic carbocycles. The van der Waals surface area contributed by atoms with Crippen molar-refractivity contribution in [1.29, 1.82) is 0 Å². The Morgan fingerprint density at radius 3 is 1.31 bits per heavy atom. The first-order valence-electron chi connectivity index (χ1n) is 18.3. The minimum absolute atomic E-state index is 0.00587. The Morgan fingerprint density at radius 1 is 0.476 bits per heavy atom. The molecule has 0 unspecified atom stereocenters. The molecule has 0 saturated carbocycles. The van der Waals surface area contributed by atoms with E-state index >= 15 is 0 Å². The van der Waals surface area contributed by atoms with Gasteiger partial charge in [0.25, 0.3) is 0 Å². The van der Waals surface area contributed by atoms with E-state index in [1.165, 1.54) is 141 Å². The molecule has 0 heterocycles. The second kappa shape index (κ2) is 35.6. The van der Waals surface area contributed by atoms with E-state index in [1.54, 1.807) is 0 Å². The molecule has 0 aliphatic rings. The molecule has 246 valence electrons. The third kappa shape index (κ3) is 36.4. The Morgan fingerprint density at radius 2 is 0.857 bits per heavy atom. The van der Waals surface area contributed by atoms with E-state index in [1.807, 2.05) is 0 Å². The summed E-state index contributed by atoms with van der Waals surface area (Å²) < 4.78 is 5.42. The van der Waals surface area contributed by atoms with E-state index in [0.29, 0.717) is 19.4 Å². The lowest BCUT2D eigenvalue weighted by atomic mass is 10.0. The summed E-state index contributed by atoms with van der Waals surface area (Å²) >= 11 is 0. The maximum absolute atomic E-state index is 11.9. The van der Waals surface area contributed by atoms with Crippen molar-refractivity contribution in [3.8, 4) is 0 Å². The molecular formula is C38H70O4. The third-order valence-corrected chi connectivity index (χ3v) is 8.13. The summed E-state index contributed by atoms with van der Waals surface area (Å²) in [5.41, 5.74) is 0. The van der Waals surface area contributed by atoms with Crippen LogP contribution < -0.4 is 0 Å². The van der Waals surface area contributed by atoms with E-state index in [2.05, 4.69) is 31.2 Å². The average molecular weight is 591 g/mol. The van der Waals surface area contributed by atoms with Gasteiger partial charge in [-0.3, -0.25) is 9.59 Å². The van der Waals surface area contributed by atoms with Crippen molar-refractivity contribution in [2.45, 2.75) is 200 Å². The summed E-state index contributed by atoms with van der Waals surface area (Å²) in [7, 11) is 0. The summed E-state index contributed by atoms with van der Waals surface area (Å²) in [5.74, 6) is -0.670. The number of allylic oxidation sites excluding steroid dienone is 4. The van der Waals surface area contributed by atoms with E-state index in [0.717, 1.165) is 38.5 Å². The highest BCUT2D eigenvalue weighted by atomic mass is 16.5. The number of aliphatic carboxylic acids is 1. The molecule has 0 aliphatic carbocycles. The van der Waals surface area contributed by atoms with Gasteiger partial charge in [0.2, 0.25) is 0 Å². The van der Waals surface area contributed by atoms with Crippen molar-refractivity contribution in [3.63, 3.8) is 0 Å². The van der Waals surface area contributed by atoms with Gasteiger partial charge in [0.1, 0.15) is 0 Å². The summed E-state index contributed by atoms with van der Waals surface area (Å²) in [5, 5.41) is 8.63. The molecule has 0 aromatic rings. The number of carbonyl (C=O) groups is 2. The zero-order valence-corrected chi connectivity index (χ0v) is 27.9. The second-order valence-electron chi connectivity index (χ2n) is 12.4. The zero-order valence-electron chi connectivity index (χ0n) is 27.9. The second-order valence-corrected chi connectivity index (χ2v) is 12.4. The number of hydrogen-bond donors (Lipinski definition) is 1. The number of ether oxygens (including phenoxy) is 1. The van der Waals surface area contributed by atoms with Gasteiger partial charge in [-0.25, -0.2) is 0 Å². The number of carboxylic acid groups (broad SMARTS) is 1. The molecule has 0 atom stereocenters. The van der Waals surface area contributed by atoms with Crippen LogP contribution in [0.25, 0.3) is 0 Å². The predicted molar refractivity (Wildman–Crippen MR) is 181 cm³/mol. The molecule has 0 saturated heterocycles. The van der Waals surface area contributed by atoms with E-state index in [4.69, 9.17) is 9.84 Å². The first kappa shape index (κ1) is 40.4. The van der Waals surface area contributed by atoms with Crippen LogP contribution in [0.3, 0.4) is 0 Å². The number of esters is 1. The normalized spacial score (nSPS) is 11.6. The molecule has 0 fully saturated rings. The van der Waals surface area contributed by atoms with Gasteiger partial charge in [-0.15, -0.1) is 0 Å². The van der Waals surface area contributed by atoms with Gasteiger partial charge in [0.15, 0.2) is 0 Å². The zero-order chi connectivity index (χ0) is 30.6. The molecular weight excluding hydrogens is 520 g/mol. The fourth-order valence-electron chi connectivity index (χ4n) is 5.37. The quantitative estimate of drug-likeness (QED) is 0.0460. The van der Waals surface area contributed by atoms with Gasteiger partial charge in [-0.1, -0.05) is 160 Å². The predicted octanol–water partition coefficient (Wildman–Crippen LogP) is 12.4. The van der Waals surface area contributed by atoms with Gasteiger partial charge in [-0.2, -0.15) is 0 Å². The molecule has 0 rings (SSSR count). The number of unbranched alkanes of at least 4 members (excludes halogenated alkanes) is 24. The Balaban J connectivity index is 3.21. The first-order chi connectivity index (χ1) is 20.7. The van der Waals surface area contributed by atoms with Crippen LogP contribution in [0.2, 0.25) is 0 Å². The molecule has 4 heteroatoms. The van der Waals surface area contributed by atoms with Gasteiger partial charge in [0.05, 0.1) is 6.61 Å². The fraction of sp³-hybridized carbons (Fsp3) is 0.842. The average Bonchev–Trinajstić information content (AvgIpc) is 2.98. The summed E-state index contributed by atoms with van der Waals surface area (Å²) in [4.78, 5) is 22.4. The van der Waals surface area contributed by atoms with Crippen LogP contribution in [-0.2, 0) is 14.3 Å². The monoisotopic (exact) mass is 591 g/mol. The minimum atomic E-state index is -0.664. The van der Waals surface area contributed by atoms with Crippen LogP contribution in [0.15, 0.2) is 24.3 Å². The van der Waals surface area contributed by atoms with Crippen LogP contribution in [0.5, 0.6) is 0 Å². The molecule has 0 radical (unpaired) electrons. The van der Waals surface area contributed by atoms with E-state index in [-0.39, 0.29) is 5.97 Å². The third-order valence-electron chi connectivity index (χ3n) is 8.13. The highest BCUT2D eigenvalue weighted by Crippen LogP contribution is 2.15. The van der Waals surface area contributed by atoms with Crippen molar-refractivity contribution < 1.29 is 19.4 Å². The van der Waals surface area contributed by atoms with E-state index < -0.39 is 5.97 Å².